The van der Waals surface area contributed by atoms with E-state index in [9.17, 15) is 4.79 Å². The number of halogens is 1. The topological polar surface area (TPSA) is 52.2 Å². The average molecular weight is 319 g/mol. The van der Waals surface area contributed by atoms with Gasteiger partial charge in [-0.2, -0.15) is 5.10 Å². The molecule has 1 aromatic carbocycles. The van der Waals surface area contributed by atoms with Gasteiger partial charge in [0.1, 0.15) is 5.02 Å². The van der Waals surface area contributed by atoms with Crippen molar-refractivity contribution in [3.8, 4) is 0 Å². The van der Waals surface area contributed by atoms with Crippen molar-refractivity contribution in [1.29, 1.82) is 0 Å². The lowest BCUT2D eigenvalue weighted by molar-refractivity contribution is 0.285. The van der Waals surface area contributed by atoms with Crippen LogP contribution in [0.4, 0.5) is 5.69 Å². The van der Waals surface area contributed by atoms with Crippen molar-refractivity contribution in [2.75, 3.05) is 31.1 Å². The summed E-state index contributed by atoms with van der Waals surface area (Å²) in [5.74, 6) is 0. The third-order valence-corrected chi connectivity index (χ3v) is 4.32. The highest BCUT2D eigenvalue weighted by Gasteiger charge is 2.18. The van der Waals surface area contributed by atoms with Crippen LogP contribution in [0.15, 0.2) is 41.3 Å². The first-order valence-electron chi connectivity index (χ1n) is 7.48. The van der Waals surface area contributed by atoms with Crippen molar-refractivity contribution in [3.05, 3.63) is 57.5 Å². The standard InChI is InChI=1S/C16H19ClN4O/c17-15-14(11-18-19-16(15)22)21-8-4-7-20(9-10-21)12-13-5-2-1-3-6-13/h1-3,5-6,11H,4,7-10,12H2,(H,19,22). The molecule has 0 spiro atoms. The van der Waals surface area contributed by atoms with Crippen LogP contribution < -0.4 is 10.5 Å². The maximum atomic E-state index is 11.6. The fraction of sp³-hybridized carbons (Fsp3) is 0.375. The summed E-state index contributed by atoms with van der Waals surface area (Å²) in [5, 5.41) is 6.45. The molecule has 2 heterocycles. The summed E-state index contributed by atoms with van der Waals surface area (Å²) in [5.41, 5.74) is 1.73. The number of aromatic nitrogens is 2. The van der Waals surface area contributed by atoms with Gasteiger partial charge in [-0.25, -0.2) is 5.10 Å². The monoisotopic (exact) mass is 318 g/mol. The number of benzene rings is 1. The average Bonchev–Trinajstić information content (AvgIpc) is 2.77. The van der Waals surface area contributed by atoms with Gasteiger partial charge in [-0.3, -0.25) is 9.69 Å². The van der Waals surface area contributed by atoms with Crippen molar-refractivity contribution in [1.82, 2.24) is 15.1 Å². The molecular formula is C16H19ClN4O. The van der Waals surface area contributed by atoms with E-state index >= 15 is 0 Å². The first-order valence-corrected chi connectivity index (χ1v) is 7.86. The maximum Gasteiger partial charge on any atom is 0.285 e. The van der Waals surface area contributed by atoms with Crippen molar-refractivity contribution < 1.29 is 0 Å². The number of hydrogen-bond donors (Lipinski definition) is 1. The minimum atomic E-state index is -0.329. The van der Waals surface area contributed by atoms with Crippen LogP contribution in [-0.4, -0.2) is 41.3 Å². The summed E-state index contributed by atoms with van der Waals surface area (Å²) in [6, 6.07) is 10.5. The van der Waals surface area contributed by atoms with Crippen LogP contribution in [0.3, 0.4) is 0 Å². The number of hydrogen-bond acceptors (Lipinski definition) is 4. The predicted octanol–water partition coefficient (Wildman–Crippen LogP) is 2.14. The van der Waals surface area contributed by atoms with E-state index in [2.05, 4.69) is 44.3 Å². The highest BCUT2D eigenvalue weighted by molar-refractivity contribution is 6.32. The van der Waals surface area contributed by atoms with Crippen LogP contribution in [0.1, 0.15) is 12.0 Å². The lowest BCUT2D eigenvalue weighted by Crippen LogP contribution is -2.31. The van der Waals surface area contributed by atoms with Gasteiger partial charge in [0.25, 0.3) is 5.56 Å². The number of rotatable bonds is 3. The van der Waals surface area contributed by atoms with Gasteiger partial charge in [-0.15, -0.1) is 0 Å². The number of H-pyrrole nitrogens is 1. The minimum Gasteiger partial charge on any atom is -0.368 e. The maximum absolute atomic E-state index is 11.6. The number of nitrogens with one attached hydrogen (secondary N) is 1. The number of nitrogens with zero attached hydrogens (tertiary/aromatic N) is 3. The van der Waals surface area contributed by atoms with Gasteiger partial charge in [0.2, 0.25) is 0 Å². The summed E-state index contributed by atoms with van der Waals surface area (Å²) in [6.45, 7) is 4.67. The Balaban J connectivity index is 1.67. The lowest BCUT2D eigenvalue weighted by atomic mass is 10.2. The Morgan fingerprint density at radius 1 is 1.14 bits per heavy atom. The molecule has 1 aliphatic rings. The predicted molar refractivity (Wildman–Crippen MR) is 88.4 cm³/mol. The fourth-order valence-corrected chi connectivity index (χ4v) is 3.02. The quantitative estimate of drug-likeness (QED) is 0.942. The zero-order valence-electron chi connectivity index (χ0n) is 12.3. The Morgan fingerprint density at radius 3 is 2.77 bits per heavy atom. The SMILES string of the molecule is O=c1[nH]ncc(N2CCCN(Cc3ccccc3)CC2)c1Cl. The molecule has 116 valence electrons. The molecule has 1 N–H and O–H groups in total. The first kappa shape index (κ1) is 15.1. The minimum absolute atomic E-state index is 0.228. The van der Waals surface area contributed by atoms with E-state index in [0.717, 1.165) is 44.8 Å². The Kier molecular flexibility index (Phi) is 4.75. The summed E-state index contributed by atoms with van der Waals surface area (Å²) < 4.78 is 0. The Morgan fingerprint density at radius 2 is 1.95 bits per heavy atom. The highest BCUT2D eigenvalue weighted by Crippen LogP contribution is 2.22. The van der Waals surface area contributed by atoms with E-state index in [4.69, 9.17) is 11.6 Å². The van der Waals surface area contributed by atoms with Crippen molar-refractivity contribution >= 4 is 17.3 Å². The summed E-state index contributed by atoms with van der Waals surface area (Å²) >= 11 is 6.11. The molecule has 0 bridgehead atoms. The molecule has 5 nitrogen and oxygen atoms in total. The van der Waals surface area contributed by atoms with Gasteiger partial charge in [0, 0.05) is 32.7 Å². The van der Waals surface area contributed by atoms with Gasteiger partial charge < -0.3 is 4.90 Å². The van der Waals surface area contributed by atoms with Gasteiger partial charge in [0.05, 0.1) is 11.9 Å². The molecule has 0 atom stereocenters. The van der Waals surface area contributed by atoms with Crippen LogP contribution in [0.25, 0.3) is 0 Å². The van der Waals surface area contributed by atoms with Crippen LogP contribution in [-0.2, 0) is 6.54 Å². The molecule has 22 heavy (non-hydrogen) atoms. The molecule has 0 amide bonds. The van der Waals surface area contributed by atoms with E-state index in [0.29, 0.717) is 0 Å². The summed E-state index contributed by atoms with van der Waals surface area (Å²) in [4.78, 5) is 16.2. The van der Waals surface area contributed by atoms with E-state index < -0.39 is 0 Å². The zero-order valence-corrected chi connectivity index (χ0v) is 13.1. The van der Waals surface area contributed by atoms with Crippen LogP contribution in [0.5, 0.6) is 0 Å². The second-order valence-corrected chi connectivity index (χ2v) is 5.88. The molecule has 1 aromatic heterocycles. The van der Waals surface area contributed by atoms with Crippen LogP contribution in [0, 0.1) is 0 Å². The molecular weight excluding hydrogens is 300 g/mol. The molecule has 1 saturated heterocycles. The smallest absolute Gasteiger partial charge is 0.285 e. The zero-order chi connectivity index (χ0) is 15.4. The second-order valence-electron chi connectivity index (χ2n) is 5.50. The first-order chi connectivity index (χ1) is 10.7. The van der Waals surface area contributed by atoms with E-state index in [1.165, 1.54) is 5.56 Å². The van der Waals surface area contributed by atoms with Gasteiger partial charge in [-0.1, -0.05) is 41.9 Å². The number of aromatic amines is 1. The third kappa shape index (κ3) is 3.48. The van der Waals surface area contributed by atoms with Gasteiger partial charge >= 0.3 is 0 Å². The van der Waals surface area contributed by atoms with Crippen molar-refractivity contribution in [2.24, 2.45) is 0 Å². The molecule has 0 saturated carbocycles. The molecule has 0 unspecified atom stereocenters. The number of anilines is 1. The normalized spacial score (nSPS) is 16.5. The van der Waals surface area contributed by atoms with Crippen molar-refractivity contribution in [2.45, 2.75) is 13.0 Å². The highest BCUT2D eigenvalue weighted by atomic mass is 35.5. The Hall–Kier alpha value is -1.85. The lowest BCUT2D eigenvalue weighted by Gasteiger charge is -2.23. The summed E-state index contributed by atoms with van der Waals surface area (Å²) in [6.07, 6.45) is 2.67. The molecule has 0 radical (unpaired) electrons. The molecule has 1 fully saturated rings. The van der Waals surface area contributed by atoms with E-state index in [1.54, 1.807) is 6.20 Å². The van der Waals surface area contributed by atoms with Gasteiger partial charge in [0.15, 0.2) is 0 Å². The van der Waals surface area contributed by atoms with Crippen LogP contribution >= 0.6 is 11.6 Å². The molecule has 3 rings (SSSR count). The Labute approximate surface area is 134 Å². The van der Waals surface area contributed by atoms with E-state index in [-0.39, 0.29) is 10.6 Å². The van der Waals surface area contributed by atoms with Crippen LogP contribution in [0.2, 0.25) is 5.02 Å². The summed E-state index contributed by atoms with van der Waals surface area (Å²) in [7, 11) is 0. The molecule has 2 aromatic rings. The molecule has 0 aliphatic carbocycles. The van der Waals surface area contributed by atoms with Crippen molar-refractivity contribution in [3.63, 3.8) is 0 Å². The third-order valence-electron chi connectivity index (χ3n) is 3.96. The Bertz CT molecular complexity index is 673. The molecule has 1 aliphatic heterocycles. The largest absolute Gasteiger partial charge is 0.368 e. The van der Waals surface area contributed by atoms with Gasteiger partial charge in [-0.05, 0) is 12.0 Å². The second kappa shape index (κ2) is 6.94. The fourth-order valence-electron chi connectivity index (χ4n) is 2.81. The molecule has 6 heteroatoms. The van der Waals surface area contributed by atoms with E-state index in [1.807, 2.05) is 6.07 Å².